The Morgan fingerprint density at radius 1 is 1.27 bits per heavy atom. The van der Waals surface area contributed by atoms with Crippen molar-refractivity contribution in [1.82, 2.24) is 19.8 Å². The lowest BCUT2D eigenvalue weighted by atomic mass is 9.87. The number of carbonyl (C=O) groups is 1. The first-order valence-electron chi connectivity index (χ1n) is 11.1. The van der Waals surface area contributed by atoms with Crippen molar-refractivity contribution in [1.29, 1.82) is 0 Å². The van der Waals surface area contributed by atoms with Crippen molar-refractivity contribution in [2.45, 2.75) is 46.1 Å². The van der Waals surface area contributed by atoms with Crippen LogP contribution < -0.4 is 0 Å². The summed E-state index contributed by atoms with van der Waals surface area (Å²) in [5, 5.41) is 4.52. The second-order valence-corrected chi connectivity index (χ2v) is 10.0. The summed E-state index contributed by atoms with van der Waals surface area (Å²) >= 11 is 1.71. The van der Waals surface area contributed by atoms with Gasteiger partial charge in [0, 0.05) is 49.2 Å². The number of H-pyrrole nitrogens is 1. The average Bonchev–Trinajstić information content (AvgIpc) is 3.23. The van der Waals surface area contributed by atoms with Gasteiger partial charge >= 0.3 is 0 Å². The average molecular weight is 423 g/mol. The number of fused-ring (bicyclic) bond motifs is 3. The highest BCUT2D eigenvalue weighted by Crippen LogP contribution is 2.33. The van der Waals surface area contributed by atoms with Crippen LogP contribution in [0.25, 0.3) is 10.9 Å². The summed E-state index contributed by atoms with van der Waals surface area (Å²) in [6.45, 7) is 8.76. The number of rotatable bonds is 3. The van der Waals surface area contributed by atoms with Gasteiger partial charge in [0.25, 0.3) is 5.91 Å². The molecule has 158 valence electrons. The standard InChI is InChI=1S/C24H30N4OS/c1-16-7-8-22-21(13-16)19-5-3-6-20(23(19)26-22)24(29)28-10-4-9-27(11-12-28)14-18-15-30-17(2)25-18/h3,5-6,15-16,26H,4,7-14H2,1-2H3. The molecule has 0 saturated carbocycles. The summed E-state index contributed by atoms with van der Waals surface area (Å²) in [4.78, 5) is 26.2. The molecule has 0 spiro atoms. The van der Waals surface area contributed by atoms with E-state index >= 15 is 0 Å². The van der Waals surface area contributed by atoms with E-state index in [0.29, 0.717) is 5.92 Å². The van der Waals surface area contributed by atoms with Crippen LogP contribution in [-0.2, 0) is 19.4 Å². The number of aromatic amines is 1. The van der Waals surface area contributed by atoms with E-state index < -0.39 is 0 Å². The van der Waals surface area contributed by atoms with Gasteiger partial charge in [0.1, 0.15) is 0 Å². The topological polar surface area (TPSA) is 52.2 Å². The van der Waals surface area contributed by atoms with Crippen LogP contribution in [0, 0.1) is 12.8 Å². The van der Waals surface area contributed by atoms with Crippen LogP contribution in [-0.4, -0.2) is 51.9 Å². The Morgan fingerprint density at radius 3 is 3.00 bits per heavy atom. The summed E-state index contributed by atoms with van der Waals surface area (Å²) in [6, 6.07) is 6.23. The number of carbonyl (C=O) groups excluding carboxylic acids is 1. The lowest BCUT2D eigenvalue weighted by molar-refractivity contribution is 0.0763. The van der Waals surface area contributed by atoms with Crippen LogP contribution in [0.4, 0.5) is 0 Å². The first kappa shape index (κ1) is 19.8. The Bertz CT molecular complexity index is 1070. The third-order valence-electron chi connectivity index (χ3n) is 6.63. The van der Waals surface area contributed by atoms with Crippen LogP contribution in [0.2, 0.25) is 0 Å². The maximum absolute atomic E-state index is 13.5. The number of aromatic nitrogens is 2. The van der Waals surface area contributed by atoms with E-state index in [1.807, 2.05) is 11.0 Å². The molecule has 1 fully saturated rings. The molecule has 5 nitrogen and oxygen atoms in total. The number of benzene rings is 1. The predicted molar refractivity (Wildman–Crippen MR) is 122 cm³/mol. The van der Waals surface area contributed by atoms with Crippen molar-refractivity contribution in [2.75, 3.05) is 26.2 Å². The van der Waals surface area contributed by atoms with Crippen molar-refractivity contribution >= 4 is 28.1 Å². The molecule has 1 aromatic carbocycles. The highest BCUT2D eigenvalue weighted by Gasteiger charge is 2.25. The van der Waals surface area contributed by atoms with Crippen molar-refractivity contribution in [2.24, 2.45) is 5.92 Å². The first-order chi connectivity index (χ1) is 14.6. The Morgan fingerprint density at radius 2 is 2.17 bits per heavy atom. The van der Waals surface area contributed by atoms with Gasteiger partial charge in [0.05, 0.1) is 21.8 Å². The van der Waals surface area contributed by atoms with Gasteiger partial charge in [0.2, 0.25) is 0 Å². The van der Waals surface area contributed by atoms with Gasteiger partial charge in [-0.05, 0) is 50.2 Å². The van der Waals surface area contributed by atoms with Crippen molar-refractivity contribution in [3.05, 3.63) is 51.1 Å². The SMILES string of the molecule is Cc1nc(CN2CCCN(C(=O)c3cccc4c5c([nH]c34)CCC(C)C5)CC2)cs1. The molecule has 1 saturated heterocycles. The highest BCUT2D eigenvalue weighted by atomic mass is 32.1. The molecule has 3 heterocycles. The Labute approximate surface area is 182 Å². The fourth-order valence-electron chi connectivity index (χ4n) is 5.01. The smallest absolute Gasteiger partial charge is 0.256 e. The molecule has 5 rings (SSSR count). The van der Waals surface area contributed by atoms with Gasteiger partial charge in [-0.15, -0.1) is 11.3 Å². The molecule has 1 atom stereocenters. The largest absolute Gasteiger partial charge is 0.358 e. The molecule has 0 radical (unpaired) electrons. The molecule has 1 amide bonds. The maximum Gasteiger partial charge on any atom is 0.256 e. The van der Waals surface area contributed by atoms with E-state index in [0.717, 1.165) is 73.8 Å². The molecular weight excluding hydrogens is 392 g/mol. The van der Waals surface area contributed by atoms with E-state index in [1.54, 1.807) is 11.3 Å². The van der Waals surface area contributed by atoms with Crippen LogP contribution in [0.15, 0.2) is 23.6 Å². The second kappa shape index (κ2) is 8.16. The molecule has 2 aromatic heterocycles. The van der Waals surface area contributed by atoms with Gasteiger partial charge in [-0.25, -0.2) is 4.98 Å². The molecule has 30 heavy (non-hydrogen) atoms. The monoisotopic (exact) mass is 422 g/mol. The van der Waals surface area contributed by atoms with Gasteiger partial charge in [-0.1, -0.05) is 19.1 Å². The minimum Gasteiger partial charge on any atom is -0.358 e. The third kappa shape index (κ3) is 3.79. The fourth-order valence-corrected chi connectivity index (χ4v) is 5.61. The highest BCUT2D eigenvalue weighted by molar-refractivity contribution is 7.09. The van der Waals surface area contributed by atoms with Crippen LogP contribution in [0.1, 0.15) is 52.1 Å². The normalized spacial score (nSPS) is 20.3. The maximum atomic E-state index is 13.5. The molecule has 1 aliphatic heterocycles. The molecule has 1 unspecified atom stereocenters. The Kier molecular flexibility index (Phi) is 5.37. The number of hydrogen-bond donors (Lipinski definition) is 1. The van der Waals surface area contributed by atoms with Crippen LogP contribution >= 0.6 is 11.3 Å². The predicted octanol–water partition coefficient (Wildman–Crippen LogP) is 4.41. The first-order valence-corrected chi connectivity index (χ1v) is 12.0. The summed E-state index contributed by atoms with van der Waals surface area (Å²) in [5.74, 6) is 0.882. The fraction of sp³-hybridized carbons (Fsp3) is 0.500. The number of thiazole rings is 1. The Balaban J connectivity index is 1.34. The number of hydrogen-bond acceptors (Lipinski definition) is 4. The lowest BCUT2D eigenvalue weighted by Gasteiger charge is -2.22. The number of para-hydroxylation sites is 1. The Hall–Kier alpha value is -2.18. The van der Waals surface area contributed by atoms with Crippen molar-refractivity contribution in [3.8, 4) is 0 Å². The van der Waals surface area contributed by atoms with Gasteiger partial charge < -0.3 is 9.88 Å². The number of nitrogens with one attached hydrogen (secondary N) is 1. The lowest BCUT2D eigenvalue weighted by Crippen LogP contribution is -2.35. The summed E-state index contributed by atoms with van der Waals surface area (Å²) in [6.07, 6.45) is 4.43. The molecule has 1 N–H and O–H groups in total. The van der Waals surface area contributed by atoms with Crippen LogP contribution in [0.5, 0.6) is 0 Å². The number of amides is 1. The van der Waals surface area contributed by atoms with Crippen molar-refractivity contribution < 1.29 is 4.79 Å². The van der Waals surface area contributed by atoms with E-state index in [2.05, 4.69) is 46.2 Å². The molecule has 2 aliphatic rings. The van der Waals surface area contributed by atoms with Gasteiger partial charge in [-0.2, -0.15) is 0 Å². The molecule has 3 aromatic rings. The zero-order chi connectivity index (χ0) is 20.7. The molecule has 6 heteroatoms. The van der Waals surface area contributed by atoms with Crippen molar-refractivity contribution in [3.63, 3.8) is 0 Å². The molecule has 0 bridgehead atoms. The van der Waals surface area contributed by atoms with E-state index in [4.69, 9.17) is 0 Å². The summed E-state index contributed by atoms with van der Waals surface area (Å²) in [7, 11) is 0. The molecular formula is C24H30N4OS. The van der Waals surface area contributed by atoms with Gasteiger partial charge in [-0.3, -0.25) is 9.69 Å². The third-order valence-corrected chi connectivity index (χ3v) is 7.45. The zero-order valence-electron chi connectivity index (χ0n) is 17.9. The minimum atomic E-state index is 0.165. The second-order valence-electron chi connectivity index (χ2n) is 8.94. The number of aryl methyl sites for hydroxylation is 2. The summed E-state index contributed by atoms with van der Waals surface area (Å²) < 4.78 is 0. The van der Waals surface area contributed by atoms with E-state index in [9.17, 15) is 4.79 Å². The number of nitrogens with zero attached hydrogens (tertiary/aromatic N) is 3. The van der Waals surface area contributed by atoms with Gasteiger partial charge in [0.15, 0.2) is 0 Å². The van der Waals surface area contributed by atoms with E-state index in [-0.39, 0.29) is 5.91 Å². The molecule has 1 aliphatic carbocycles. The quantitative estimate of drug-likeness (QED) is 0.680. The zero-order valence-corrected chi connectivity index (χ0v) is 18.7. The minimum absolute atomic E-state index is 0.165. The van der Waals surface area contributed by atoms with E-state index in [1.165, 1.54) is 23.1 Å². The summed E-state index contributed by atoms with van der Waals surface area (Å²) in [5.41, 5.74) is 5.79. The van der Waals surface area contributed by atoms with Crippen LogP contribution in [0.3, 0.4) is 0 Å².